The Morgan fingerprint density at radius 1 is 1.39 bits per heavy atom. The van der Waals surface area contributed by atoms with Crippen LogP contribution in [0.15, 0.2) is 23.1 Å². The lowest BCUT2D eigenvalue weighted by Crippen LogP contribution is -2.29. The quantitative estimate of drug-likeness (QED) is 0.801. The molecule has 0 bridgehead atoms. The zero-order valence-electron chi connectivity index (χ0n) is 10.9. The molecule has 0 amide bonds. The van der Waals surface area contributed by atoms with Gasteiger partial charge in [0, 0.05) is 12.2 Å². The summed E-state index contributed by atoms with van der Waals surface area (Å²) in [6.07, 6.45) is 2.98. The molecule has 0 atom stereocenters. The molecule has 0 aliphatic heterocycles. The first-order chi connectivity index (χ1) is 8.36. The van der Waals surface area contributed by atoms with Crippen molar-refractivity contribution in [1.29, 1.82) is 0 Å². The van der Waals surface area contributed by atoms with Crippen LogP contribution in [0.4, 0.5) is 5.69 Å². The maximum atomic E-state index is 12.1. The highest BCUT2D eigenvalue weighted by atomic mass is 32.2. The third-order valence-corrected chi connectivity index (χ3v) is 5.00. The molecule has 1 aromatic carbocycles. The van der Waals surface area contributed by atoms with E-state index in [2.05, 4.69) is 11.6 Å². The van der Waals surface area contributed by atoms with Gasteiger partial charge in [0.15, 0.2) is 0 Å². The van der Waals surface area contributed by atoms with Crippen LogP contribution < -0.4 is 10.5 Å². The molecule has 1 fully saturated rings. The van der Waals surface area contributed by atoms with Gasteiger partial charge >= 0.3 is 0 Å². The fourth-order valence-electron chi connectivity index (χ4n) is 1.80. The number of aryl methyl sites for hydroxylation is 1. The monoisotopic (exact) mass is 268 g/mol. The molecule has 0 spiro atoms. The van der Waals surface area contributed by atoms with Gasteiger partial charge in [-0.05, 0) is 42.4 Å². The maximum absolute atomic E-state index is 12.1. The van der Waals surface area contributed by atoms with Crippen LogP contribution in [-0.2, 0) is 16.4 Å². The first-order valence-electron chi connectivity index (χ1n) is 6.24. The van der Waals surface area contributed by atoms with Crippen LogP contribution in [0.25, 0.3) is 0 Å². The normalized spacial score (nSPS) is 17.7. The number of rotatable bonds is 5. The molecule has 2 rings (SSSR count). The van der Waals surface area contributed by atoms with Crippen LogP contribution in [0.5, 0.6) is 0 Å². The van der Waals surface area contributed by atoms with Crippen molar-refractivity contribution in [2.24, 2.45) is 5.41 Å². The Hall–Kier alpha value is -1.07. The van der Waals surface area contributed by atoms with E-state index in [4.69, 9.17) is 5.73 Å². The van der Waals surface area contributed by atoms with E-state index in [0.29, 0.717) is 12.2 Å². The molecule has 0 heterocycles. The molecule has 3 N–H and O–H groups in total. The van der Waals surface area contributed by atoms with E-state index >= 15 is 0 Å². The van der Waals surface area contributed by atoms with Gasteiger partial charge in [-0.2, -0.15) is 0 Å². The van der Waals surface area contributed by atoms with Crippen molar-refractivity contribution in [3.05, 3.63) is 23.8 Å². The molecule has 0 unspecified atom stereocenters. The molecule has 0 saturated heterocycles. The van der Waals surface area contributed by atoms with Crippen LogP contribution in [0.2, 0.25) is 0 Å². The predicted octanol–water partition coefficient (Wildman–Crippen LogP) is 1.91. The van der Waals surface area contributed by atoms with Crippen molar-refractivity contribution < 1.29 is 8.42 Å². The van der Waals surface area contributed by atoms with E-state index in [1.165, 1.54) is 6.07 Å². The Labute approximate surface area is 109 Å². The summed E-state index contributed by atoms with van der Waals surface area (Å²) >= 11 is 0. The van der Waals surface area contributed by atoms with E-state index in [1.807, 2.05) is 6.92 Å². The minimum absolute atomic E-state index is 0.155. The van der Waals surface area contributed by atoms with Gasteiger partial charge < -0.3 is 5.73 Å². The lowest BCUT2D eigenvalue weighted by Gasteiger charge is -2.12. The Bertz CT molecular complexity index is 548. The Morgan fingerprint density at radius 2 is 2.06 bits per heavy atom. The maximum Gasteiger partial charge on any atom is 0.240 e. The number of hydrogen-bond acceptors (Lipinski definition) is 3. The van der Waals surface area contributed by atoms with Crippen molar-refractivity contribution >= 4 is 15.7 Å². The fraction of sp³-hybridized carbons (Fsp3) is 0.538. The second-order valence-electron chi connectivity index (χ2n) is 5.35. The topological polar surface area (TPSA) is 72.2 Å². The summed E-state index contributed by atoms with van der Waals surface area (Å²) in [6, 6.07) is 4.94. The van der Waals surface area contributed by atoms with E-state index in [1.54, 1.807) is 12.1 Å². The molecule has 100 valence electrons. The van der Waals surface area contributed by atoms with Gasteiger partial charge in [0.25, 0.3) is 0 Å². The fourth-order valence-corrected chi connectivity index (χ4v) is 3.04. The number of hydrogen-bond donors (Lipinski definition) is 2. The van der Waals surface area contributed by atoms with Gasteiger partial charge in [-0.1, -0.05) is 19.9 Å². The van der Waals surface area contributed by atoms with Crippen LogP contribution in [0.1, 0.15) is 32.3 Å². The third kappa shape index (κ3) is 2.84. The number of sulfonamides is 1. The van der Waals surface area contributed by atoms with Crippen molar-refractivity contribution in [1.82, 2.24) is 4.72 Å². The van der Waals surface area contributed by atoms with Gasteiger partial charge in [0.2, 0.25) is 10.0 Å². The Kier molecular flexibility index (Phi) is 3.38. The zero-order chi connectivity index (χ0) is 13.4. The average molecular weight is 268 g/mol. The molecule has 1 aliphatic carbocycles. The standard InChI is InChI=1S/C13H20N2O2S/c1-3-10-4-5-11(8-12(10)14)18(16,17)15-9-13(2)6-7-13/h4-5,8,15H,3,6-7,9,14H2,1-2H3. The molecule has 0 radical (unpaired) electrons. The van der Waals surface area contributed by atoms with Crippen molar-refractivity contribution in [3.63, 3.8) is 0 Å². The van der Waals surface area contributed by atoms with E-state index in [0.717, 1.165) is 24.8 Å². The average Bonchev–Trinajstić information content (AvgIpc) is 3.06. The van der Waals surface area contributed by atoms with Gasteiger partial charge in [0.1, 0.15) is 0 Å². The molecule has 5 heteroatoms. The Balaban J connectivity index is 2.16. The summed E-state index contributed by atoms with van der Waals surface area (Å²) in [6.45, 7) is 4.58. The van der Waals surface area contributed by atoms with Crippen LogP contribution in [0.3, 0.4) is 0 Å². The van der Waals surface area contributed by atoms with Gasteiger partial charge in [-0.25, -0.2) is 13.1 Å². The van der Waals surface area contributed by atoms with Crippen LogP contribution >= 0.6 is 0 Å². The summed E-state index contributed by atoms with van der Waals surface area (Å²) in [5, 5.41) is 0. The minimum Gasteiger partial charge on any atom is -0.398 e. The molecule has 1 aromatic rings. The third-order valence-electron chi connectivity index (χ3n) is 3.60. The number of nitrogen functional groups attached to an aromatic ring is 1. The van der Waals surface area contributed by atoms with Gasteiger partial charge in [0.05, 0.1) is 4.90 Å². The van der Waals surface area contributed by atoms with Crippen molar-refractivity contribution in [2.75, 3.05) is 12.3 Å². The van der Waals surface area contributed by atoms with E-state index in [9.17, 15) is 8.42 Å². The highest BCUT2D eigenvalue weighted by molar-refractivity contribution is 7.89. The Morgan fingerprint density at radius 3 is 2.56 bits per heavy atom. The van der Waals surface area contributed by atoms with Gasteiger partial charge in [-0.15, -0.1) is 0 Å². The molecule has 18 heavy (non-hydrogen) atoms. The highest BCUT2D eigenvalue weighted by Crippen LogP contribution is 2.44. The van der Waals surface area contributed by atoms with Gasteiger partial charge in [-0.3, -0.25) is 0 Å². The van der Waals surface area contributed by atoms with Crippen LogP contribution in [-0.4, -0.2) is 15.0 Å². The first kappa shape index (κ1) is 13.4. The molecular formula is C13H20N2O2S. The van der Waals surface area contributed by atoms with Crippen LogP contribution in [0, 0.1) is 5.41 Å². The molecule has 4 nitrogen and oxygen atoms in total. The largest absolute Gasteiger partial charge is 0.398 e. The molecular weight excluding hydrogens is 248 g/mol. The number of benzene rings is 1. The van der Waals surface area contributed by atoms with Crippen molar-refractivity contribution in [2.45, 2.75) is 38.0 Å². The summed E-state index contributed by atoms with van der Waals surface area (Å²) in [5.41, 5.74) is 7.50. The highest BCUT2D eigenvalue weighted by Gasteiger charge is 2.38. The summed E-state index contributed by atoms with van der Waals surface area (Å²) < 4.78 is 26.8. The number of nitrogens with two attached hydrogens (primary N) is 1. The number of nitrogens with one attached hydrogen (secondary N) is 1. The summed E-state index contributed by atoms with van der Waals surface area (Å²) in [5.74, 6) is 0. The second kappa shape index (κ2) is 4.55. The van der Waals surface area contributed by atoms with E-state index < -0.39 is 10.0 Å². The second-order valence-corrected chi connectivity index (χ2v) is 7.12. The SMILES string of the molecule is CCc1ccc(S(=O)(=O)NCC2(C)CC2)cc1N. The molecule has 0 aromatic heterocycles. The molecule has 1 aliphatic rings. The lowest BCUT2D eigenvalue weighted by molar-refractivity contribution is 0.530. The van der Waals surface area contributed by atoms with E-state index in [-0.39, 0.29) is 10.3 Å². The lowest BCUT2D eigenvalue weighted by atomic mass is 10.1. The summed E-state index contributed by atoms with van der Waals surface area (Å²) in [4.78, 5) is 0.251. The van der Waals surface area contributed by atoms with Crippen molar-refractivity contribution in [3.8, 4) is 0 Å². The minimum atomic E-state index is -3.43. The molecule has 1 saturated carbocycles. The number of anilines is 1. The first-order valence-corrected chi connectivity index (χ1v) is 7.73. The summed E-state index contributed by atoms with van der Waals surface area (Å²) in [7, 11) is -3.43. The zero-order valence-corrected chi connectivity index (χ0v) is 11.7. The smallest absolute Gasteiger partial charge is 0.240 e. The predicted molar refractivity (Wildman–Crippen MR) is 72.8 cm³/mol.